The van der Waals surface area contributed by atoms with Gasteiger partial charge in [0.25, 0.3) is 0 Å². The zero-order valence-corrected chi connectivity index (χ0v) is 18.2. The standard InChI is InChI=1S/C23H34N6O/c1-3-24-23(25-14-21-20-9-5-4-7-17(20)10-11-22(21)30)27-18-8-6-12-29(15-18)19-13-26-28(2)16-19/h10-11,13,16,18,30H,3-9,12,14-15H2,1-2H3,(H2,24,25,27). The predicted molar refractivity (Wildman–Crippen MR) is 121 cm³/mol. The zero-order chi connectivity index (χ0) is 20.9. The summed E-state index contributed by atoms with van der Waals surface area (Å²) in [4.78, 5) is 7.23. The topological polar surface area (TPSA) is 77.7 Å². The van der Waals surface area contributed by atoms with E-state index in [9.17, 15) is 5.11 Å². The Balaban J connectivity index is 1.46. The van der Waals surface area contributed by atoms with E-state index in [4.69, 9.17) is 4.99 Å². The molecule has 0 bridgehead atoms. The van der Waals surface area contributed by atoms with Crippen LogP contribution in [0.5, 0.6) is 5.75 Å². The number of hydrogen-bond donors (Lipinski definition) is 3. The molecule has 0 radical (unpaired) electrons. The molecule has 1 saturated heterocycles. The minimum Gasteiger partial charge on any atom is -0.508 e. The third kappa shape index (κ3) is 4.71. The smallest absolute Gasteiger partial charge is 0.191 e. The molecule has 3 N–H and O–H groups in total. The summed E-state index contributed by atoms with van der Waals surface area (Å²) in [7, 11) is 1.96. The SMILES string of the molecule is CCNC(=NCc1c(O)ccc2c1CCCC2)NC1CCCN(c2cnn(C)c2)C1. The first-order chi connectivity index (χ1) is 14.6. The number of nitrogens with one attached hydrogen (secondary N) is 2. The Kier molecular flexibility index (Phi) is 6.45. The highest BCUT2D eigenvalue weighted by Crippen LogP contribution is 2.31. The lowest BCUT2D eigenvalue weighted by Crippen LogP contribution is -2.51. The van der Waals surface area contributed by atoms with Gasteiger partial charge in [0.2, 0.25) is 0 Å². The Labute approximate surface area is 179 Å². The number of phenolic OH excluding ortho intramolecular Hbond substituents is 1. The molecule has 2 aliphatic rings. The van der Waals surface area contributed by atoms with Crippen molar-refractivity contribution < 1.29 is 5.11 Å². The summed E-state index contributed by atoms with van der Waals surface area (Å²) in [5.74, 6) is 1.19. The maximum Gasteiger partial charge on any atom is 0.191 e. The van der Waals surface area contributed by atoms with Crippen LogP contribution in [0.1, 0.15) is 49.3 Å². The van der Waals surface area contributed by atoms with Crippen molar-refractivity contribution in [3.8, 4) is 5.75 Å². The third-order valence-corrected chi connectivity index (χ3v) is 6.18. The van der Waals surface area contributed by atoms with Gasteiger partial charge in [0.15, 0.2) is 5.96 Å². The maximum atomic E-state index is 10.5. The molecule has 1 atom stereocenters. The van der Waals surface area contributed by atoms with E-state index in [1.165, 1.54) is 29.7 Å². The summed E-state index contributed by atoms with van der Waals surface area (Å²) in [5.41, 5.74) is 4.85. The molecule has 0 spiro atoms. The number of aliphatic imine (C=N–C) groups is 1. The van der Waals surface area contributed by atoms with Gasteiger partial charge in [-0.15, -0.1) is 0 Å². The van der Waals surface area contributed by atoms with Crippen molar-refractivity contribution in [3.63, 3.8) is 0 Å². The Hall–Kier alpha value is -2.70. The molecule has 1 fully saturated rings. The first-order valence-corrected chi connectivity index (χ1v) is 11.2. The van der Waals surface area contributed by atoms with Gasteiger partial charge in [0, 0.05) is 44.5 Å². The average molecular weight is 411 g/mol. The molecule has 30 heavy (non-hydrogen) atoms. The number of hydrogen-bond acceptors (Lipinski definition) is 4. The van der Waals surface area contributed by atoms with E-state index in [0.29, 0.717) is 18.3 Å². The van der Waals surface area contributed by atoms with Crippen molar-refractivity contribution in [1.29, 1.82) is 0 Å². The number of fused-ring (bicyclic) bond motifs is 1. The van der Waals surface area contributed by atoms with Gasteiger partial charge in [-0.05, 0) is 62.6 Å². The Morgan fingerprint density at radius 2 is 2.13 bits per heavy atom. The Bertz CT molecular complexity index is 890. The van der Waals surface area contributed by atoms with Crippen LogP contribution in [0.2, 0.25) is 0 Å². The second-order valence-corrected chi connectivity index (χ2v) is 8.40. The lowest BCUT2D eigenvalue weighted by Gasteiger charge is -2.34. The van der Waals surface area contributed by atoms with Crippen molar-refractivity contribution >= 4 is 11.6 Å². The summed E-state index contributed by atoms with van der Waals surface area (Å²) in [5, 5.41) is 21.8. The normalized spacial score (nSPS) is 19.5. The molecule has 7 nitrogen and oxygen atoms in total. The Morgan fingerprint density at radius 1 is 1.27 bits per heavy atom. The molecule has 2 aromatic rings. The third-order valence-electron chi connectivity index (χ3n) is 6.18. The summed E-state index contributed by atoms with van der Waals surface area (Å²) < 4.78 is 1.85. The number of nitrogens with zero attached hydrogens (tertiary/aromatic N) is 4. The van der Waals surface area contributed by atoms with Crippen LogP contribution in [0.4, 0.5) is 5.69 Å². The van der Waals surface area contributed by atoms with Crippen LogP contribution >= 0.6 is 0 Å². The molecule has 1 aromatic carbocycles. The number of piperidine rings is 1. The summed E-state index contributed by atoms with van der Waals surface area (Å²) >= 11 is 0. The van der Waals surface area contributed by atoms with Gasteiger partial charge in [-0.3, -0.25) is 4.68 Å². The van der Waals surface area contributed by atoms with E-state index in [0.717, 1.165) is 56.8 Å². The maximum absolute atomic E-state index is 10.5. The van der Waals surface area contributed by atoms with Crippen molar-refractivity contribution in [3.05, 3.63) is 41.2 Å². The minimum absolute atomic E-state index is 0.329. The molecule has 7 heteroatoms. The molecular weight excluding hydrogens is 376 g/mol. The second kappa shape index (κ2) is 9.41. The Morgan fingerprint density at radius 3 is 2.93 bits per heavy atom. The highest BCUT2D eigenvalue weighted by molar-refractivity contribution is 5.80. The molecule has 4 rings (SSSR count). The molecule has 162 valence electrons. The zero-order valence-electron chi connectivity index (χ0n) is 18.2. The van der Waals surface area contributed by atoms with Gasteiger partial charge >= 0.3 is 0 Å². The number of aryl methyl sites for hydroxylation is 2. The number of benzene rings is 1. The first-order valence-electron chi connectivity index (χ1n) is 11.2. The number of guanidine groups is 1. The van der Waals surface area contributed by atoms with E-state index in [-0.39, 0.29) is 0 Å². The fraction of sp³-hybridized carbons (Fsp3) is 0.565. The van der Waals surface area contributed by atoms with Crippen molar-refractivity contribution in [2.24, 2.45) is 12.0 Å². The molecular formula is C23H34N6O. The lowest BCUT2D eigenvalue weighted by atomic mass is 9.88. The predicted octanol–water partition coefficient (Wildman–Crippen LogP) is 2.73. The van der Waals surface area contributed by atoms with Gasteiger partial charge in [-0.2, -0.15) is 5.10 Å². The average Bonchev–Trinajstić information content (AvgIpc) is 3.20. The molecule has 0 amide bonds. The molecule has 1 aliphatic carbocycles. The van der Waals surface area contributed by atoms with Crippen LogP contribution in [-0.2, 0) is 26.4 Å². The lowest BCUT2D eigenvalue weighted by molar-refractivity contribution is 0.463. The first kappa shape index (κ1) is 20.6. The molecule has 1 aliphatic heterocycles. The summed E-state index contributed by atoms with van der Waals surface area (Å²) in [6.45, 7) is 5.39. The van der Waals surface area contributed by atoms with Crippen LogP contribution in [0.25, 0.3) is 0 Å². The van der Waals surface area contributed by atoms with E-state index < -0.39 is 0 Å². The fourth-order valence-corrected chi connectivity index (χ4v) is 4.64. The van der Waals surface area contributed by atoms with Crippen LogP contribution in [0.15, 0.2) is 29.5 Å². The highest BCUT2D eigenvalue weighted by Gasteiger charge is 2.22. The van der Waals surface area contributed by atoms with Crippen molar-refractivity contribution in [2.45, 2.75) is 58.0 Å². The van der Waals surface area contributed by atoms with E-state index in [1.807, 2.05) is 24.0 Å². The van der Waals surface area contributed by atoms with Gasteiger partial charge in [0.1, 0.15) is 5.75 Å². The van der Waals surface area contributed by atoms with Gasteiger partial charge in [0.05, 0.1) is 18.4 Å². The number of phenols is 1. The van der Waals surface area contributed by atoms with Gasteiger partial charge < -0.3 is 20.6 Å². The van der Waals surface area contributed by atoms with Gasteiger partial charge in [-0.1, -0.05) is 6.07 Å². The summed E-state index contributed by atoms with van der Waals surface area (Å²) in [6, 6.07) is 4.24. The number of aromatic hydroxyl groups is 1. The van der Waals surface area contributed by atoms with E-state index in [1.54, 1.807) is 0 Å². The molecule has 1 unspecified atom stereocenters. The number of rotatable bonds is 5. The quantitative estimate of drug-likeness (QED) is 0.522. The monoisotopic (exact) mass is 410 g/mol. The minimum atomic E-state index is 0.329. The van der Waals surface area contributed by atoms with Gasteiger partial charge in [-0.25, -0.2) is 4.99 Å². The van der Waals surface area contributed by atoms with Crippen molar-refractivity contribution in [1.82, 2.24) is 20.4 Å². The number of aromatic nitrogens is 2. The van der Waals surface area contributed by atoms with E-state index >= 15 is 0 Å². The van der Waals surface area contributed by atoms with E-state index in [2.05, 4.69) is 39.8 Å². The fourth-order valence-electron chi connectivity index (χ4n) is 4.64. The second-order valence-electron chi connectivity index (χ2n) is 8.40. The summed E-state index contributed by atoms with van der Waals surface area (Å²) in [6.07, 6.45) is 10.8. The largest absolute Gasteiger partial charge is 0.508 e. The molecule has 0 saturated carbocycles. The van der Waals surface area contributed by atoms with Crippen LogP contribution in [0.3, 0.4) is 0 Å². The molecule has 2 heterocycles. The number of anilines is 1. The van der Waals surface area contributed by atoms with Crippen LogP contribution in [0, 0.1) is 0 Å². The van der Waals surface area contributed by atoms with Crippen LogP contribution in [-0.4, -0.2) is 46.5 Å². The molecule has 1 aromatic heterocycles. The van der Waals surface area contributed by atoms with Crippen molar-refractivity contribution in [2.75, 3.05) is 24.5 Å². The van der Waals surface area contributed by atoms with Crippen LogP contribution < -0.4 is 15.5 Å². The highest BCUT2D eigenvalue weighted by atomic mass is 16.3.